The van der Waals surface area contributed by atoms with Crippen LogP contribution in [0.15, 0.2) is 47.3 Å². The van der Waals surface area contributed by atoms with Gasteiger partial charge in [-0.3, -0.25) is 9.59 Å². The van der Waals surface area contributed by atoms with E-state index in [9.17, 15) is 14.0 Å². The average Bonchev–Trinajstić information content (AvgIpc) is 3.64. The first-order valence-electron chi connectivity index (χ1n) is 11.4. The molecule has 2 aliphatic carbocycles. The fraction of sp³-hybridized carbons (Fsp3) is 0.346. The van der Waals surface area contributed by atoms with Gasteiger partial charge < -0.3 is 5.32 Å². The van der Waals surface area contributed by atoms with E-state index < -0.39 is 0 Å². The van der Waals surface area contributed by atoms with Gasteiger partial charge in [0.15, 0.2) is 0 Å². The number of carbonyl (C=O) groups excluding carboxylic acids is 1. The Balaban J connectivity index is 1.37. The maximum Gasteiger partial charge on any atom is 0.267 e. The summed E-state index contributed by atoms with van der Waals surface area (Å²) in [6, 6.07) is 12.5. The predicted molar refractivity (Wildman–Crippen MR) is 121 cm³/mol. The van der Waals surface area contributed by atoms with Crippen molar-refractivity contribution in [3.8, 4) is 11.1 Å². The van der Waals surface area contributed by atoms with Crippen molar-refractivity contribution in [2.45, 2.75) is 57.4 Å². The van der Waals surface area contributed by atoms with Gasteiger partial charge in [-0.05, 0) is 92.3 Å². The smallest absolute Gasteiger partial charge is 0.267 e. The van der Waals surface area contributed by atoms with Gasteiger partial charge in [-0.15, -0.1) is 0 Å². The first-order valence-corrected chi connectivity index (χ1v) is 11.4. The number of hydrogen-bond acceptors (Lipinski definition) is 3. The molecule has 2 N–H and O–H groups in total. The predicted octanol–water partition coefficient (Wildman–Crippen LogP) is 4.13. The van der Waals surface area contributed by atoms with Crippen LogP contribution in [0.5, 0.6) is 0 Å². The largest absolute Gasteiger partial charge is 0.349 e. The number of carbonyl (C=O) groups is 1. The lowest BCUT2D eigenvalue weighted by molar-refractivity contribution is 0.0951. The van der Waals surface area contributed by atoms with E-state index >= 15 is 0 Å². The van der Waals surface area contributed by atoms with Crippen molar-refractivity contribution in [2.75, 3.05) is 0 Å². The Morgan fingerprint density at radius 1 is 1.06 bits per heavy atom. The Kier molecular flexibility index (Phi) is 5.60. The number of fused-ring (bicyclic) bond motifs is 1. The van der Waals surface area contributed by atoms with Crippen molar-refractivity contribution in [1.29, 1.82) is 0 Å². The molecule has 1 aromatic heterocycles. The molecule has 5 rings (SSSR count). The van der Waals surface area contributed by atoms with Gasteiger partial charge in [-0.25, -0.2) is 9.49 Å². The van der Waals surface area contributed by atoms with Gasteiger partial charge in [0.25, 0.3) is 11.5 Å². The topological polar surface area (TPSA) is 74.8 Å². The molecule has 0 radical (unpaired) electrons. The molecule has 1 saturated carbocycles. The second kappa shape index (κ2) is 8.69. The van der Waals surface area contributed by atoms with Gasteiger partial charge in [0.05, 0.1) is 5.69 Å². The summed E-state index contributed by atoms with van der Waals surface area (Å²) in [6.07, 6.45) is 7.26. The Morgan fingerprint density at radius 2 is 1.88 bits per heavy atom. The van der Waals surface area contributed by atoms with Gasteiger partial charge in [-0.2, -0.15) is 5.10 Å². The van der Waals surface area contributed by atoms with Crippen LogP contribution >= 0.6 is 0 Å². The zero-order chi connectivity index (χ0) is 22.1. The Bertz CT molecular complexity index is 1230. The molecule has 32 heavy (non-hydrogen) atoms. The third-order valence-corrected chi connectivity index (χ3v) is 6.41. The van der Waals surface area contributed by atoms with E-state index in [1.165, 1.54) is 6.07 Å². The van der Waals surface area contributed by atoms with Crippen molar-refractivity contribution in [2.24, 2.45) is 0 Å². The minimum atomic E-state index is -0.312. The number of benzene rings is 2. The van der Waals surface area contributed by atoms with Gasteiger partial charge in [0.1, 0.15) is 5.82 Å². The van der Waals surface area contributed by atoms with E-state index in [-0.39, 0.29) is 23.3 Å². The third kappa shape index (κ3) is 4.35. The summed E-state index contributed by atoms with van der Waals surface area (Å²) >= 11 is 0. The van der Waals surface area contributed by atoms with Crippen molar-refractivity contribution >= 4 is 5.91 Å². The highest BCUT2D eigenvalue weighted by Crippen LogP contribution is 2.27. The van der Waals surface area contributed by atoms with E-state index in [0.29, 0.717) is 29.5 Å². The SMILES string of the molecule is O=C(NC1CC1)c1cccc(-c2cc(CCc3n[nH]c(=O)c4c3CCCC4)ccc2F)c1. The molecule has 2 aliphatic rings. The molecular weight excluding hydrogens is 405 g/mol. The minimum Gasteiger partial charge on any atom is -0.349 e. The van der Waals surface area contributed by atoms with Crippen LogP contribution in [0.2, 0.25) is 0 Å². The van der Waals surface area contributed by atoms with Crippen molar-refractivity contribution in [1.82, 2.24) is 15.5 Å². The molecule has 6 heteroatoms. The number of rotatable bonds is 6. The molecule has 0 bridgehead atoms. The lowest BCUT2D eigenvalue weighted by Gasteiger charge is -2.17. The van der Waals surface area contributed by atoms with Crippen LogP contribution in [0.25, 0.3) is 11.1 Å². The summed E-state index contributed by atoms with van der Waals surface area (Å²) in [5.41, 5.74) is 5.54. The molecule has 164 valence electrons. The second-order valence-corrected chi connectivity index (χ2v) is 8.81. The fourth-order valence-electron chi connectivity index (χ4n) is 4.47. The van der Waals surface area contributed by atoms with Gasteiger partial charge in [0, 0.05) is 22.7 Å². The van der Waals surface area contributed by atoms with Gasteiger partial charge in [-0.1, -0.05) is 18.2 Å². The molecule has 2 aromatic carbocycles. The quantitative estimate of drug-likeness (QED) is 0.616. The van der Waals surface area contributed by atoms with E-state index in [1.54, 1.807) is 24.3 Å². The van der Waals surface area contributed by atoms with Crippen LogP contribution in [0.3, 0.4) is 0 Å². The van der Waals surface area contributed by atoms with E-state index in [1.807, 2.05) is 12.1 Å². The van der Waals surface area contributed by atoms with E-state index in [2.05, 4.69) is 15.5 Å². The number of aromatic nitrogens is 2. The summed E-state index contributed by atoms with van der Waals surface area (Å²) < 4.78 is 14.7. The monoisotopic (exact) mass is 431 g/mol. The van der Waals surface area contributed by atoms with Crippen LogP contribution in [0.4, 0.5) is 4.39 Å². The van der Waals surface area contributed by atoms with Crippen molar-refractivity contribution in [3.63, 3.8) is 0 Å². The molecule has 1 fully saturated rings. The number of nitrogens with zero attached hydrogens (tertiary/aromatic N) is 1. The average molecular weight is 432 g/mol. The summed E-state index contributed by atoms with van der Waals surface area (Å²) in [5, 5.41) is 9.93. The number of H-pyrrole nitrogens is 1. The molecule has 0 saturated heterocycles. The number of aromatic amines is 1. The van der Waals surface area contributed by atoms with Crippen molar-refractivity contribution in [3.05, 3.63) is 86.6 Å². The van der Waals surface area contributed by atoms with Crippen LogP contribution in [0, 0.1) is 5.82 Å². The summed E-state index contributed by atoms with van der Waals surface area (Å²) in [6.45, 7) is 0. The molecule has 1 heterocycles. The molecule has 0 atom stereocenters. The summed E-state index contributed by atoms with van der Waals surface area (Å²) in [7, 11) is 0. The first kappa shape index (κ1) is 20.6. The van der Waals surface area contributed by atoms with E-state index in [0.717, 1.165) is 60.9 Å². The lowest BCUT2D eigenvalue weighted by Crippen LogP contribution is -2.25. The molecule has 1 amide bonds. The van der Waals surface area contributed by atoms with Crippen LogP contribution < -0.4 is 10.9 Å². The van der Waals surface area contributed by atoms with Gasteiger partial charge >= 0.3 is 0 Å². The lowest BCUT2D eigenvalue weighted by atomic mass is 9.90. The normalized spacial score (nSPS) is 15.3. The van der Waals surface area contributed by atoms with Crippen LogP contribution in [-0.4, -0.2) is 22.1 Å². The summed E-state index contributed by atoms with van der Waals surface area (Å²) in [5.74, 6) is -0.423. The fourth-order valence-corrected chi connectivity index (χ4v) is 4.47. The molecule has 5 nitrogen and oxygen atoms in total. The Labute approximate surface area is 186 Å². The molecule has 0 spiro atoms. The highest BCUT2D eigenvalue weighted by Gasteiger charge is 2.24. The highest BCUT2D eigenvalue weighted by molar-refractivity contribution is 5.95. The van der Waals surface area contributed by atoms with Crippen LogP contribution in [0.1, 0.15) is 58.4 Å². The molecule has 0 aliphatic heterocycles. The number of amides is 1. The summed E-state index contributed by atoms with van der Waals surface area (Å²) in [4.78, 5) is 24.5. The van der Waals surface area contributed by atoms with Crippen molar-refractivity contribution < 1.29 is 9.18 Å². The number of hydrogen-bond donors (Lipinski definition) is 2. The third-order valence-electron chi connectivity index (χ3n) is 6.41. The number of nitrogens with one attached hydrogen (secondary N) is 2. The zero-order valence-electron chi connectivity index (χ0n) is 17.9. The number of aryl methyl sites for hydroxylation is 2. The van der Waals surface area contributed by atoms with Crippen LogP contribution in [-0.2, 0) is 25.7 Å². The van der Waals surface area contributed by atoms with Gasteiger partial charge in [0.2, 0.25) is 0 Å². The highest BCUT2D eigenvalue weighted by atomic mass is 19.1. The zero-order valence-corrected chi connectivity index (χ0v) is 17.9. The standard InChI is InChI=1S/C26H26FN3O2/c27-23-12-8-16(9-13-24-20-6-1-2-7-21(20)26(32)30-29-24)14-22(23)17-4-3-5-18(15-17)25(31)28-19-10-11-19/h3-5,8,12,14-15,19H,1-2,6-7,9-11,13H2,(H,28,31)(H,30,32). The molecule has 3 aromatic rings. The van der Waals surface area contributed by atoms with E-state index in [4.69, 9.17) is 0 Å². The Hall–Kier alpha value is -3.28. The number of halogens is 1. The maximum atomic E-state index is 14.7. The molecular formula is C26H26FN3O2. The second-order valence-electron chi connectivity index (χ2n) is 8.81. The Morgan fingerprint density at radius 3 is 2.69 bits per heavy atom. The minimum absolute atomic E-state index is 0.0712. The first-order chi connectivity index (χ1) is 15.6. The molecule has 0 unspecified atom stereocenters. The maximum absolute atomic E-state index is 14.7.